The first-order valence-corrected chi connectivity index (χ1v) is 11.1. The number of benzene rings is 1. The minimum Gasteiger partial charge on any atom is -0.353 e. The van der Waals surface area contributed by atoms with Crippen LogP contribution in [0.4, 0.5) is 4.79 Å². The Morgan fingerprint density at radius 1 is 1.23 bits per heavy atom. The van der Waals surface area contributed by atoms with Crippen LogP contribution in [-0.4, -0.2) is 66.4 Å². The zero-order chi connectivity index (χ0) is 22.8. The Balaban J connectivity index is 1.59. The van der Waals surface area contributed by atoms with E-state index in [4.69, 9.17) is 0 Å². The molecule has 3 rings (SSSR count). The molecule has 1 aliphatic heterocycles. The summed E-state index contributed by atoms with van der Waals surface area (Å²) in [4.78, 5) is 41.6. The molecule has 1 aromatic rings. The van der Waals surface area contributed by atoms with Gasteiger partial charge in [-0.25, -0.2) is 4.79 Å². The number of carbonyl (C=O) groups is 3. The van der Waals surface area contributed by atoms with E-state index in [1.54, 1.807) is 0 Å². The first kappa shape index (κ1) is 23.3. The van der Waals surface area contributed by atoms with Crippen LogP contribution in [0.25, 0.3) is 0 Å². The van der Waals surface area contributed by atoms with Gasteiger partial charge in [-0.3, -0.25) is 14.5 Å². The van der Waals surface area contributed by atoms with Crippen molar-refractivity contribution in [2.24, 2.45) is 11.3 Å². The zero-order valence-electron chi connectivity index (χ0n) is 19.4. The smallest absolute Gasteiger partial charge is 0.325 e. The average molecular weight is 429 g/mol. The summed E-state index contributed by atoms with van der Waals surface area (Å²) in [6.45, 7) is 6.58. The lowest BCUT2D eigenvalue weighted by atomic mass is 9.64. The Morgan fingerprint density at radius 3 is 2.52 bits per heavy atom. The summed E-state index contributed by atoms with van der Waals surface area (Å²) in [6.07, 6.45) is 3.05. The second kappa shape index (κ2) is 8.99. The van der Waals surface area contributed by atoms with Gasteiger partial charge < -0.3 is 15.5 Å². The molecule has 4 amide bonds. The Morgan fingerprint density at radius 2 is 1.90 bits per heavy atom. The van der Waals surface area contributed by atoms with Crippen LogP contribution >= 0.6 is 0 Å². The van der Waals surface area contributed by atoms with Gasteiger partial charge in [0, 0.05) is 12.6 Å². The highest BCUT2D eigenvalue weighted by Gasteiger charge is 2.56. The molecule has 1 saturated carbocycles. The van der Waals surface area contributed by atoms with Crippen molar-refractivity contribution in [1.29, 1.82) is 0 Å². The zero-order valence-corrected chi connectivity index (χ0v) is 19.4. The van der Waals surface area contributed by atoms with Gasteiger partial charge in [-0.2, -0.15) is 0 Å². The molecule has 1 spiro atoms. The minimum atomic E-state index is -0.877. The second-order valence-electron chi connectivity index (χ2n) is 10.4. The summed E-state index contributed by atoms with van der Waals surface area (Å²) in [5.74, 6) is -0.245. The fraction of sp³-hybridized carbons (Fsp3) is 0.625. The van der Waals surface area contributed by atoms with Crippen molar-refractivity contribution in [2.75, 3.05) is 27.2 Å². The van der Waals surface area contributed by atoms with Crippen LogP contribution in [0.5, 0.6) is 0 Å². The van der Waals surface area contributed by atoms with E-state index >= 15 is 0 Å². The Labute approximate surface area is 185 Å². The van der Waals surface area contributed by atoms with Gasteiger partial charge in [0.2, 0.25) is 5.91 Å². The lowest BCUT2D eigenvalue weighted by Gasteiger charge is -2.43. The standard InChI is InChI=1S/C24H36N4O3/c1-17-12-23(2,3)16-24(13-17)21(30)28(22(31)26-24)15-20(29)25-14-19(27(4)5)11-18-9-7-6-8-10-18/h6-10,17,19H,11-16H2,1-5H3,(H,25,29)(H,26,31). The van der Waals surface area contributed by atoms with Crippen LogP contribution < -0.4 is 10.6 Å². The SMILES string of the molecule is CC1CC(C)(C)CC2(C1)NC(=O)N(CC(=O)NCC(Cc1ccccc1)N(C)C)C2=O. The highest BCUT2D eigenvalue weighted by molar-refractivity contribution is 6.09. The molecular weight excluding hydrogens is 392 g/mol. The fourth-order valence-electron chi connectivity index (χ4n) is 5.40. The number of imide groups is 1. The van der Waals surface area contributed by atoms with E-state index in [0.29, 0.717) is 25.3 Å². The summed E-state index contributed by atoms with van der Waals surface area (Å²) >= 11 is 0. The maximum atomic E-state index is 13.2. The van der Waals surface area contributed by atoms with E-state index in [2.05, 4.69) is 48.4 Å². The molecule has 1 aliphatic carbocycles. The summed E-state index contributed by atoms with van der Waals surface area (Å²) in [6, 6.07) is 9.77. The number of hydrogen-bond acceptors (Lipinski definition) is 4. The average Bonchev–Trinajstić information content (AvgIpc) is 2.87. The minimum absolute atomic E-state index is 0.0325. The third-order valence-electron chi connectivity index (χ3n) is 6.51. The predicted molar refractivity (Wildman–Crippen MR) is 120 cm³/mol. The number of rotatable bonds is 7. The first-order valence-electron chi connectivity index (χ1n) is 11.1. The van der Waals surface area contributed by atoms with Gasteiger partial charge in [-0.05, 0) is 56.7 Å². The predicted octanol–water partition coefficient (Wildman–Crippen LogP) is 2.41. The summed E-state index contributed by atoms with van der Waals surface area (Å²) < 4.78 is 0. The first-order chi connectivity index (χ1) is 14.5. The van der Waals surface area contributed by atoms with Crippen LogP contribution in [0.3, 0.4) is 0 Å². The quantitative estimate of drug-likeness (QED) is 0.654. The van der Waals surface area contributed by atoms with Crippen molar-refractivity contribution in [1.82, 2.24) is 20.4 Å². The Hall–Kier alpha value is -2.41. The molecule has 2 aliphatic rings. The molecule has 0 aromatic heterocycles. The Kier molecular flexibility index (Phi) is 6.74. The molecule has 7 heteroatoms. The van der Waals surface area contributed by atoms with E-state index in [9.17, 15) is 14.4 Å². The second-order valence-corrected chi connectivity index (χ2v) is 10.4. The monoisotopic (exact) mass is 428 g/mol. The molecule has 2 N–H and O–H groups in total. The lowest BCUT2D eigenvalue weighted by molar-refractivity contribution is -0.137. The van der Waals surface area contributed by atoms with Crippen LogP contribution in [0.1, 0.15) is 45.6 Å². The van der Waals surface area contributed by atoms with Crippen LogP contribution in [0.2, 0.25) is 0 Å². The molecule has 170 valence electrons. The van der Waals surface area contributed by atoms with Crippen LogP contribution in [0.15, 0.2) is 30.3 Å². The van der Waals surface area contributed by atoms with Gasteiger partial charge in [0.15, 0.2) is 0 Å². The van der Waals surface area contributed by atoms with Gasteiger partial charge in [0.1, 0.15) is 12.1 Å². The highest BCUT2D eigenvalue weighted by atomic mass is 16.2. The van der Waals surface area contributed by atoms with Crippen LogP contribution in [0, 0.1) is 11.3 Å². The molecule has 3 unspecified atom stereocenters. The van der Waals surface area contributed by atoms with Crippen molar-refractivity contribution in [2.45, 2.75) is 58.0 Å². The van der Waals surface area contributed by atoms with E-state index < -0.39 is 11.6 Å². The van der Waals surface area contributed by atoms with Gasteiger partial charge in [-0.15, -0.1) is 0 Å². The molecule has 0 radical (unpaired) electrons. The highest BCUT2D eigenvalue weighted by Crippen LogP contribution is 2.46. The molecular formula is C24H36N4O3. The van der Waals surface area contributed by atoms with Crippen molar-refractivity contribution in [3.63, 3.8) is 0 Å². The molecule has 31 heavy (non-hydrogen) atoms. The molecule has 2 fully saturated rings. The topological polar surface area (TPSA) is 81.8 Å². The third-order valence-corrected chi connectivity index (χ3v) is 6.51. The number of amides is 4. The summed E-state index contributed by atoms with van der Waals surface area (Å²) in [5.41, 5.74) is 0.285. The van der Waals surface area contributed by atoms with Gasteiger partial charge in [0.25, 0.3) is 5.91 Å². The molecule has 1 aromatic carbocycles. The molecule has 1 heterocycles. The number of carbonyl (C=O) groups excluding carboxylic acids is 3. The van der Waals surface area contributed by atoms with Gasteiger partial charge >= 0.3 is 6.03 Å². The number of nitrogens with one attached hydrogen (secondary N) is 2. The van der Waals surface area contributed by atoms with E-state index in [0.717, 1.165) is 17.7 Å². The lowest BCUT2D eigenvalue weighted by Crippen LogP contribution is -2.54. The van der Waals surface area contributed by atoms with Gasteiger partial charge in [-0.1, -0.05) is 51.1 Å². The molecule has 0 bridgehead atoms. The van der Waals surface area contributed by atoms with Crippen molar-refractivity contribution >= 4 is 17.8 Å². The summed E-state index contributed by atoms with van der Waals surface area (Å²) in [7, 11) is 3.96. The number of likely N-dealkylation sites (N-methyl/N-ethyl adjacent to an activating group) is 1. The Bertz CT molecular complexity index is 823. The van der Waals surface area contributed by atoms with Crippen molar-refractivity contribution < 1.29 is 14.4 Å². The van der Waals surface area contributed by atoms with Crippen molar-refractivity contribution in [3.8, 4) is 0 Å². The number of urea groups is 1. The normalized spacial score (nSPS) is 26.3. The van der Waals surface area contributed by atoms with E-state index in [1.165, 1.54) is 5.56 Å². The van der Waals surface area contributed by atoms with Gasteiger partial charge in [0.05, 0.1) is 0 Å². The number of nitrogens with zero attached hydrogens (tertiary/aromatic N) is 2. The molecule has 3 atom stereocenters. The van der Waals surface area contributed by atoms with Crippen LogP contribution in [-0.2, 0) is 16.0 Å². The summed E-state index contributed by atoms with van der Waals surface area (Å²) in [5, 5.41) is 5.84. The van der Waals surface area contributed by atoms with E-state index in [-0.39, 0.29) is 29.8 Å². The van der Waals surface area contributed by atoms with E-state index in [1.807, 2.05) is 32.3 Å². The molecule has 1 saturated heterocycles. The maximum Gasteiger partial charge on any atom is 0.325 e. The third kappa shape index (κ3) is 5.45. The fourth-order valence-corrected chi connectivity index (χ4v) is 5.40. The largest absolute Gasteiger partial charge is 0.353 e. The van der Waals surface area contributed by atoms with Crippen molar-refractivity contribution in [3.05, 3.63) is 35.9 Å². The molecule has 7 nitrogen and oxygen atoms in total. The maximum absolute atomic E-state index is 13.2. The number of hydrogen-bond donors (Lipinski definition) is 2.